The van der Waals surface area contributed by atoms with Crippen molar-refractivity contribution in [2.24, 2.45) is 5.92 Å². The molecule has 0 radical (unpaired) electrons. The van der Waals surface area contributed by atoms with Crippen molar-refractivity contribution in [2.45, 2.75) is 12.8 Å². The van der Waals surface area contributed by atoms with Crippen LogP contribution in [0.25, 0.3) is 22.4 Å². The number of rotatable bonds is 3. The van der Waals surface area contributed by atoms with Gasteiger partial charge in [0.05, 0.1) is 5.92 Å². The van der Waals surface area contributed by atoms with Crippen molar-refractivity contribution in [1.29, 1.82) is 0 Å². The van der Waals surface area contributed by atoms with Crippen LogP contribution in [-0.2, 0) is 4.79 Å². The highest BCUT2D eigenvalue weighted by Gasteiger charge is 2.27. The minimum absolute atomic E-state index is 0.284. The Morgan fingerprint density at radius 1 is 1.17 bits per heavy atom. The van der Waals surface area contributed by atoms with Crippen molar-refractivity contribution < 1.29 is 14.4 Å². The first-order chi connectivity index (χ1) is 11.7. The van der Waals surface area contributed by atoms with E-state index in [-0.39, 0.29) is 5.92 Å². The van der Waals surface area contributed by atoms with E-state index in [2.05, 4.69) is 15.1 Å². The van der Waals surface area contributed by atoms with Gasteiger partial charge in [0.15, 0.2) is 5.82 Å². The number of aliphatic carboxylic acids is 1. The van der Waals surface area contributed by atoms with E-state index < -0.39 is 5.97 Å². The van der Waals surface area contributed by atoms with Crippen molar-refractivity contribution in [2.75, 3.05) is 18.0 Å². The predicted octanol–water partition coefficient (Wildman–Crippen LogP) is 2.59. The Bertz CT molecular complexity index is 870. The van der Waals surface area contributed by atoms with Crippen molar-refractivity contribution in [3.63, 3.8) is 0 Å². The van der Waals surface area contributed by atoms with Gasteiger partial charge in [0.2, 0.25) is 5.58 Å². The summed E-state index contributed by atoms with van der Waals surface area (Å²) in [6.45, 7) is 1.26. The zero-order valence-electron chi connectivity index (χ0n) is 12.9. The van der Waals surface area contributed by atoms with E-state index in [1.165, 1.54) is 6.33 Å². The number of carboxylic acid groups (broad SMARTS) is 1. The van der Waals surface area contributed by atoms with Crippen LogP contribution in [0.4, 0.5) is 5.82 Å². The van der Waals surface area contributed by atoms with E-state index in [9.17, 15) is 4.79 Å². The molecule has 1 aromatic carbocycles. The lowest BCUT2D eigenvalue weighted by molar-refractivity contribution is -0.142. The van der Waals surface area contributed by atoms with Crippen LogP contribution >= 0.6 is 0 Å². The van der Waals surface area contributed by atoms with Gasteiger partial charge in [-0.3, -0.25) is 4.79 Å². The van der Waals surface area contributed by atoms with Crippen LogP contribution in [0.2, 0.25) is 0 Å². The van der Waals surface area contributed by atoms with E-state index in [1.807, 2.05) is 35.2 Å². The number of carboxylic acids is 1. The van der Waals surface area contributed by atoms with Gasteiger partial charge in [0.1, 0.15) is 17.5 Å². The number of benzene rings is 1. The number of fused-ring (bicyclic) bond motifs is 1. The molecule has 4 rings (SSSR count). The van der Waals surface area contributed by atoms with Gasteiger partial charge < -0.3 is 14.5 Å². The third-order valence-corrected chi connectivity index (χ3v) is 4.43. The molecule has 7 heteroatoms. The molecule has 2 aromatic heterocycles. The lowest BCUT2D eigenvalue weighted by atomic mass is 9.97. The molecule has 0 saturated carbocycles. The predicted molar refractivity (Wildman–Crippen MR) is 87.6 cm³/mol. The topological polar surface area (TPSA) is 92.3 Å². The van der Waals surface area contributed by atoms with Crippen LogP contribution < -0.4 is 4.90 Å². The quantitative estimate of drug-likeness (QED) is 0.791. The summed E-state index contributed by atoms with van der Waals surface area (Å²) in [4.78, 5) is 21.8. The molecule has 1 fully saturated rings. The summed E-state index contributed by atoms with van der Waals surface area (Å²) in [6, 6.07) is 9.73. The number of anilines is 1. The molecule has 0 atom stereocenters. The molecule has 0 unspecified atom stereocenters. The average molecular weight is 324 g/mol. The molecule has 0 amide bonds. The molecule has 0 spiro atoms. The summed E-state index contributed by atoms with van der Waals surface area (Å²) in [5.74, 6) is -0.333. The first-order valence-corrected chi connectivity index (χ1v) is 7.87. The van der Waals surface area contributed by atoms with Crippen LogP contribution in [0, 0.1) is 5.92 Å². The molecule has 0 bridgehead atoms. The first-order valence-electron chi connectivity index (χ1n) is 7.87. The number of piperidine rings is 1. The molecule has 0 aliphatic carbocycles. The largest absolute Gasteiger partial charge is 0.481 e. The van der Waals surface area contributed by atoms with Gasteiger partial charge in [0, 0.05) is 18.7 Å². The first kappa shape index (κ1) is 14.6. The maximum atomic E-state index is 11.1. The minimum atomic E-state index is -0.728. The summed E-state index contributed by atoms with van der Waals surface area (Å²) < 4.78 is 5.53. The van der Waals surface area contributed by atoms with Crippen LogP contribution in [0.1, 0.15) is 12.8 Å². The zero-order chi connectivity index (χ0) is 16.5. The second-order valence-electron chi connectivity index (χ2n) is 5.87. The van der Waals surface area contributed by atoms with Gasteiger partial charge in [-0.15, -0.1) is 0 Å². The highest BCUT2D eigenvalue weighted by molar-refractivity contribution is 5.93. The van der Waals surface area contributed by atoms with Crippen LogP contribution in [0.3, 0.4) is 0 Å². The van der Waals surface area contributed by atoms with Crippen molar-refractivity contribution >= 4 is 22.9 Å². The number of carbonyl (C=O) groups is 1. The van der Waals surface area contributed by atoms with Gasteiger partial charge in [-0.25, -0.2) is 9.97 Å². The number of nitrogens with zero attached hydrogens (tertiary/aromatic N) is 4. The summed E-state index contributed by atoms with van der Waals surface area (Å²) in [5.41, 5.74) is 2.84. The molecular formula is C17H16N4O3. The summed E-state index contributed by atoms with van der Waals surface area (Å²) >= 11 is 0. The molecule has 7 nitrogen and oxygen atoms in total. The van der Waals surface area contributed by atoms with Gasteiger partial charge in [-0.05, 0) is 12.8 Å². The maximum Gasteiger partial charge on any atom is 0.306 e. The Balaban J connectivity index is 1.68. The molecule has 122 valence electrons. The fourth-order valence-electron chi connectivity index (χ4n) is 3.10. The Morgan fingerprint density at radius 3 is 2.62 bits per heavy atom. The highest BCUT2D eigenvalue weighted by atomic mass is 16.5. The molecule has 3 aromatic rings. The number of aromatic nitrogens is 3. The summed E-state index contributed by atoms with van der Waals surface area (Å²) in [6.07, 6.45) is 2.70. The molecule has 1 aliphatic heterocycles. The highest BCUT2D eigenvalue weighted by Crippen LogP contribution is 2.32. The summed E-state index contributed by atoms with van der Waals surface area (Å²) in [7, 11) is 0. The third kappa shape index (κ3) is 2.47. The minimum Gasteiger partial charge on any atom is -0.481 e. The van der Waals surface area contributed by atoms with E-state index in [4.69, 9.17) is 9.63 Å². The molecule has 1 saturated heterocycles. The monoisotopic (exact) mass is 324 g/mol. The smallest absolute Gasteiger partial charge is 0.306 e. The Kier molecular flexibility index (Phi) is 3.60. The normalized spacial score (nSPS) is 15.8. The number of hydrogen-bond acceptors (Lipinski definition) is 6. The van der Waals surface area contributed by atoms with E-state index in [1.54, 1.807) is 0 Å². The Hall–Kier alpha value is -2.96. The van der Waals surface area contributed by atoms with E-state index >= 15 is 0 Å². The van der Waals surface area contributed by atoms with Crippen molar-refractivity contribution in [1.82, 2.24) is 15.1 Å². The standard InChI is InChI=1S/C17H16N4O3/c22-17(23)12-6-8-21(9-7-12)16-15-14(18-10-19-16)13(20-24-15)11-4-2-1-3-5-11/h1-5,10,12H,6-9H2,(H,22,23). The lowest BCUT2D eigenvalue weighted by Crippen LogP contribution is -2.36. The van der Waals surface area contributed by atoms with Gasteiger partial charge >= 0.3 is 5.97 Å². The number of hydrogen-bond donors (Lipinski definition) is 1. The Labute approximate surface area is 137 Å². The fraction of sp³-hybridized carbons (Fsp3) is 0.294. The van der Waals surface area contributed by atoms with Crippen LogP contribution in [0.5, 0.6) is 0 Å². The Morgan fingerprint density at radius 2 is 1.92 bits per heavy atom. The van der Waals surface area contributed by atoms with Gasteiger partial charge in [-0.1, -0.05) is 35.5 Å². The average Bonchev–Trinajstić information content (AvgIpc) is 3.06. The van der Waals surface area contributed by atoms with Crippen LogP contribution in [0.15, 0.2) is 41.2 Å². The third-order valence-electron chi connectivity index (χ3n) is 4.43. The second kappa shape index (κ2) is 5.92. The molecular weight excluding hydrogens is 308 g/mol. The fourth-order valence-corrected chi connectivity index (χ4v) is 3.10. The molecule has 1 aliphatic rings. The second-order valence-corrected chi connectivity index (χ2v) is 5.87. The van der Waals surface area contributed by atoms with Crippen molar-refractivity contribution in [3.05, 3.63) is 36.7 Å². The maximum absolute atomic E-state index is 11.1. The van der Waals surface area contributed by atoms with E-state index in [0.717, 1.165) is 5.56 Å². The zero-order valence-corrected chi connectivity index (χ0v) is 12.9. The van der Waals surface area contributed by atoms with Crippen molar-refractivity contribution in [3.8, 4) is 11.3 Å². The molecule has 3 heterocycles. The van der Waals surface area contributed by atoms with Gasteiger partial charge in [-0.2, -0.15) is 0 Å². The van der Waals surface area contributed by atoms with Gasteiger partial charge in [0.25, 0.3) is 0 Å². The summed E-state index contributed by atoms with van der Waals surface area (Å²) in [5, 5.41) is 13.3. The molecule has 24 heavy (non-hydrogen) atoms. The molecule has 1 N–H and O–H groups in total. The SMILES string of the molecule is O=C(O)C1CCN(c2ncnc3c(-c4ccccc4)noc23)CC1. The van der Waals surface area contributed by atoms with E-state index in [0.29, 0.717) is 48.5 Å². The van der Waals surface area contributed by atoms with Crippen LogP contribution in [-0.4, -0.2) is 39.3 Å². The lowest BCUT2D eigenvalue weighted by Gasteiger charge is -2.30.